The normalized spacial score (nSPS) is 26.3. The van der Waals surface area contributed by atoms with Crippen molar-refractivity contribution >= 4 is 28.2 Å². The van der Waals surface area contributed by atoms with E-state index in [1.54, 1.807) is 6.20 Å². The highest BCUT2D eigenvalue weighted by molar-refractivity contribution is 6.15. The molecule has 2 fully saturated rings. The molecule has 160 valence electrons. The predicted octanol–water partition coefficient (Wildman–Crippen LogP) is 3.84. The molecule has 1 aliphatic carbocycles. The fraction of sp³-hybridized carbons (Fsp3) is 0.400. The number of hydrogen-bond donors (Lipinski definition) is 1. The minimum absolute atomic E-state index is 0.113. The van der Waals surface area contributed by atoms with E-state index < -0.39 is 0 Å². The summed E-state index contributed by atoms with van der Waals surface area (Å²) in [6, 6.07) is 2.64. The van der Waals surface area contributed by atoms with E-state index in [4.69, 9.17) is 0 Å². The maximum atomic E-state index is 13.4. The monoisotopic (exact) mass is 415 g/mol. The maximum Gasteiger partial charge on any atom is 0.256 e. The molecule has 0 aromatic carbocycles. The molecule has 2 bridgehead atoms. The van der Waals surface area contributed by atoms with Crippen LogP contribution < -0.4 is 0 Å². The average molecular weight is 416 g/mol. The summed E-state index contributed by atoms with van der Waals surface area (Å²) in [6.07, 6.45) is 14.3. The van der Waals surface area contributed by atoms with Crippen LogP contribution in [0.1, 0.15) is 42.6 Å². The Morgan fingerprint density at radius 3 is 2.77 bits per heavy atom. The van der Waals surface area contributed by atoms with Gasteiger partial charge < -0.3 is 14.8 Å². The van der Waals surface area contributed by atoms with Crippen LogP contribution in [0.4, 0.5) is 0 Å². The Morgan fingerprint density at radius 1 is 1.29 bits per heavy atom. The van der Waals surface area contributed by atoms with Gasteiger partial charge in [-0.25, -0.2) is 4.98 Å². The summed E-state index contributed by atoms with van der Waals surface area (Å²) in [5.41, 5.74) is 5.76. The number of amides is 1. The summed E-state index contributed by atoms with van der Waals surface area (Å²) in [4.78, 5) is 30.3. The second-order valence-corrected chi connectivity index (χ2v) is 8.68. The van der Waals surface area contributed by atoms with Crippen LogP contribution in [0.25, 0.3) is 16.6 Å². The predicted molar refractivity (Wildman–Crippen MR) is 125 cm³/mol. The molecule has 31 heavy (non-hydrogen) atoms. The first kappa shape index (κ1) is 19.9. The van der Waals surface area contributed by atoms with Crippen molar-refractivity contribution in [3.8, 4) is 0 Å². The van der Waals surface area contributed by atoms with E-state index in [2.05, 4.69) is 56.1 Å². The van der Waals surface area contributed by atoms with E-state index in [1.807, 2.05) is 26.1 Å². The van der Waals surface area contributed by atoms with Gasteiger partial charge >= 0.3 is 0 Å². The van der Waals surface area contributed by atoms with Gasteiger partial charge in [-0.05, 0) is 63.1 Å². The fourth-order valence-corrected chi connectivity index (χ4v) is 5.22. The third-order valence-electron chi connectivity index (χ3n) is 6.66. The molecule has 6 heteroatoms. The lowest BCUT2D eigenvalue weighted by Gasteiger charge is -2.39. The summed E-state index contributed by atoms with van der Waals surface area (Å²) in [6.45, 7) is 6.75. The van der Waals surface area contributed by atoms with Crippen molar-refractivity contribution < 1.29 is 4.79 Å². The van der Waals surface area contributed by atoms with Crippen LogP contribution in [-0.2, 0) is 0 Å². The minimum Gasteiger partial charge on any atom is -0.346 e. The number of aromatic nitrogens is 2. The van der Waals surface area contributed by atoms with Crippen LogP contribution in [0.15, 0.2) is 53.3 Å². The highest BCUT2D eigenvalue weighted by Gasteiger charge is 2.41. The van der Waals surface area contributed by atoms with Crippen molar-refractivity contribution in [3.63, 3.8) is 0 Å². The molecule has 0 saturated carbocycles. The zero-order chi connectivity index (χ0) is 21.5. The van der Waals surface area contributed by atoms with Crippen molar-refractivity contribution in [3.05, 3.63) is 59.5 Å². The van der Waals surface area contributed by atoms with Crippen LogP contribution in [0.3, 0.4) is 0 Å². The zero-order valence-corrected chi connectivity index (χ0v) is 18.4. The number of H-pyrrole nitrogens is 1. The van der Waals surface area contributed by atoms with Gasteiger partial charge in [-0.1, -0.05) is 12.2 Å². The van der Waals surface area contributed by atoms with Crippen molar-refractivity contribution in [1.82, 2.24) is 19.8 Å². The van der Waals surface area contributed by atoms with Crippen molar-refractivity contribution in [2.24, 2.45) is 4.99 Å². The van der Waals surface area contributed by atoms with Gasteiger partial charge in [0.25, 0.3) is 5.91 Å². The molecule has 0 radical (unpaired) electrons. The first-order valence-corrected chi connectivity index (χ1v) is 11.2. The summed E-state index contributed by atoms with van der Waals surface area (Å²) in [5.74, 6) is 0.113. The van der Waals surface area contributed by atoms with E-state index in [0.29, 0.717) is 17.6 Å². The average Bonchev–Trinajstić information content (AvgIpc) is 3.32. The van der Waals surface area contributed by atoms with Crippen molar-refractivity contribution in [1.29, 1.82) is 0 Å². The molecule has 4 heterocycles. The topological polar surface area (TPSA) is 64.6 Å². The Balaban J connectivity index is 1.49. The van der Waals surface area contributed by atoms with Gasteiger partial charge in [-0.15, -0.1) is 0 Å². The van der Waals surface area contributed by atoms with Gasteiger partial charge in [0.15, 0.2) is 0 Å². The van der Waals surface area contributed by atoms with E-state index in [9.17, 15) is 4.79 Å². The molecule has 0 spiro atoms. The molecular formula is C25H29N5O. The second-order valence-electron chi connectivity index (χ2n) is 8.68. The summed E-state index contributed by atoms with van der Waals surface area (Å²) in [5, 5.41) is 0.981. The number of allylic oxidation sites excluding steroid dienone is 6. The molecule has 1 N–H and O–H groups in total. The highest BCUT2D eigenvalue weighted by atomic mass is 16.2. The standard InChI is InChI=1S/C25H29N5O/c1-4-16-10-17(6-9-23(16)26-5-2)22-13-28-24-21(22)11-18(12-27-24)25(31)30-19-7-8-20(30)15-29(3)14-19/h4,6,9-13,19-20H,5,7-8,14-15H2,1-3H3,(H,27,28)/b16-4-,26-23?. The number of likely N-dealkylation sites (tertiary alicyclic amines) is 1. The Morgan fingerprint density at radius 2 is 2.06 bits per heavy atom. The third-order valence-corrected chi connectivity index (χ3v) is 6.66. The number of nitrogens with one attached hydrogen (secondary N) is 1. The number of fused-ring (bicyclic) bond motifs is 3. The first-order chi connectivity index (χ1) is 15.1. The van der Waals surface area contributed by atoms with E-state index in [-0.39, 0.29) is 5.91 Å². The number of carbonyl (C=O) groups excluding carboxylic acids is 1. The van der Waals surface area contributed by atoms with E-state index in [1.165, 1.54) is 0 Å². The number of aromatic amines is 1. The second kappa shape index (κ2) is 7.93. The first-order valence-electron chi connectivity index (χ1n) is 11.2. The molecule has 3 aliphatic rings. The fourth-order valence-electron chi connectivity index (χ4n) is 5.22. The zero-order valence-electron chi connectivity index (χ0n) is 18.4. The quantitative estimate of drug-likeness (QED) is 0.828. The number of piperazine rings is 1. The molecule has 2 saturated heterocycles. The Labute approximate surface area is 183 Å². The van der Waals surface area contributed by atoms with Gasteiger partial charge in [0, 0.05) is 55.1 Å². The number of likely N-dealkylation sites (N-methyl/N-ethyl adjacent to an activating group) is 1. The lowest BCUT2D eigenvalue weighted by molar-refractivity contribution is 0.0472. The molecule has 2 aromatic heterocycles. The SMILES string of the molecule is C/C=C1/C=C(c2c[nH]c3ncc(C(=O)N4C5CCC4CN(C)C5)cc23)C=CC1=NCC. The molecule has 2 aromatic rings. The van der Waals surface area contributed by atoms with Crippen LogP contribution in [0, 0.1) is 0 Å². The minimum atomic E-state index is 0.113. The molecule has 2 aliphatic heterocycles. The lowest BCUT2D eigenvalue weighted by Crippen LogP contribution is -2.54. The molecular weight excluding hydrogens is 386 g/mol. The molecule has 5 rings (SSSR count). The van der Waals surface area contributed by atoms with Crippen molar-refractivity contribution in [2.45, 2.75) is 38.8 Å². The molecule has 2 atom stereocenters. The Bertz CT molecular complexity index is 1140. The van der Waals surface area contributed by atoms with E-state index in [0.717, 1.165) is 65.9 Å². The number of rotatable bonds is 3. The van der Waals surface area contributed by atoms with Gasteiger partial charge in [0.2, 0.25) is 0 Å². The summed E-state index contributed by atoms with van der Waals surface area (Å²) >= 11 is 0. The molecule has 1 amide bonds. The number of nitrogens with zero attached hydrogens (tertiary/aromatic N) is 4. The molecule has 2 unspecified atom stereocenters. The maximum absolute atomic E-state index is 13.4. The van der Waals surface area contributed by atoms with E-state index >= 15 is 0 Å². The van der Waals surface area contributed by atoms with Crippen LogP contribution in [0.5, 0.6) is 0 Å². The third kappa shape index (κ3) is 3.45. The Hall–Kier alpha value is -2.99. The number of carbonyl (C=O) groups is 1. The number of aliphatic imine (C=N–C) groups is 1. The molecule has 6 nitrogen and oxygen atoms in total. The lowest BCUT2D eigenvalue weighted by atomic mass is 9.94. The van der Waals surface area contributed by atoms with Crippen LogP contribution >= 0.6 is 0 Å². The van der Waals surface area contributed by atoms with Crippen molar-refractivity contribution in [2.75, 3.05) is 26.7 Å². The van der Waals surface area contributed by atoms with Gasteiger partial charge in [-0.3, -0.25) is 9.79 Å². The van der Waals surface area contributed by atoms with Gasteiger partial charge in [-0.2, -0.15) is 0 Å². The number of hydrogen-bond acceptors (Lipinski definition) is 4. The Kier molecular flexibility index (Phi) is 5.10. The van der Waals surface area contributed by atoms with Crippen LogP contribution in [-0.4, -0.2) is 70.2 Å². The number of pyridine rings is 1. The van der Waals surface area contributed by atoms with Crippen LogP contribution in [0.2, 0.25) is 0 Å². The highest BCUT2D eigenvalue weighted by Crippen LogP contribution is 2.33. The largest absolute Gasteiger partial charge is 0.346 e. The summed E-state index contributed by atoms with van der Waals surface area (Å²) < 4.78 is 0. The van der Waals surface area contributed by atoms with Gasteiger partial charge in [0.1, 0.15) is 5.65 Å². The summed E-state index contributed by atoms with van der Waals surface area (Å²) in [7, 11) is 2.15. The van der Waals surface area contributed by atoms with Gasteiger partial charge in [0.05, 0.1) is 11.3 Å². The smallest absolute Gasteiger partial charge is 0.256 e.